The summed E-state index contributed by atoms with van der Waals surface area (Å²) in [5, 5.41) is 3.18. The van der Waals surface area contributed by atoms with Gasteiger partial charge in [-0.15, -0.1) is 0 Å². The van der Waals surface area contributed by atoms with Gasteiger partial charge in [-0.25, -0.2) is 4.79 Å². The highest BCUT2D eigenvalue weighted by atomic mass is 16.6. The average Bonchev–Trinajstić information content (AvgIpc) is 3.10. The molecule has 21 heavy (non-hydrogen) atoms. The lowest BCUT2D eigenvalue weighted by molar-refractivity contribution is 0.164. The molecule has 5 nitrogen and oxygen atoms in total. The minimum Gasteiger partial charge on any atom is -0.447 e. The van der Waals surface area contributed by atoms with Crippen molar-refractivity contribution in [3.05, 3.63) is 11.8 Å². The molecule has 1 amide bonds. The van der Waals surface area contributed by atoms with E-state index in [4.69, 9.17) is 4.74 Å². The van der Waals surface area contributed by atoms with Crippen molar-refractivity contribution in [1.29, 1.82) is 0 Å². The van der Waals surface area contributed by atoms with E-state index >= 15 is 0 Å². The van der Waals surface area contributed by atoms with Gasteiger partial charge in [-0.1, -0.05) is 32.1 Å². The van der Waals surface area contributed by atoms with E-state index in [9.17, 15) is 4.79 Å². The highest BCUT2D eigenvalue weighted by molar-refractivity contribution is 5.72. The van der Waals surface area contributed by atoms with Gasteiger partial charge in [0.1, 0.15) is 6.61 Å². The van der Waals surface area contributed by atoms with Crippen LogP contribution in [-0.4, -0.2) is 42.6 Å². The minimum atomic E-state index is -0.191. The lowest BCUT2D eigenvalue weighted by atomic mass is 9.84. The van der Waals surface area contributed by atoms with Crippen LogP contribution in [0.3, 0.4) is 0 Å². The van der Waals surface area contributed by atoms with Gasteiger partial charge < -0.3 is 10.1 Å². The summed E-state index contributed by atoms with van der Waals surface area (Å²) in [6, 6.07) is 0.410. The summed E-state index contributed by atoms with van der Waals surface area (Å²) in [7, 11) is 0. The summed E-state index contributed by atoms with van der Waals surface area (Å²) in [6.45, 7) is 3.28. The number of allylic oxidation sites excluding steroid dienone is 1. The predicted molar refractivity (Wildman–Crippen MR) is 82.2 cm³/mol. The second kappa shape index (κ2) is 6.50. The molecule has 2 atom stereocenters. The normalized spacial score (nSPS) is 30.6. The Morgan fingerprint density at radius 1 is 1.48 bits per heavy atom. The van der Waals surface area contributed by atoms with Gasteiger partial charge in [0, 0.05) is 5.70 Å². The van der Waals surface area contributed by atoms with Crippen LogP contribution in [0.1, 0.15) is 45.4 Å². The monoisotopic (exact) mass is 291 g/mol. The zero-order chi connectivity index (χ0) is 14.7. The Balaban J connectivity index is 1.63. The van der Waals surface area contributed by atoms with Crippen LogP contribution in [0.15, 0.2) is 16.8 Å². The molecule has 3 rings (SSSR count). The Hall–Kier alpha value is -1.52. The van der Waals surface area contributed by atoms with Crippen LogP contribution in [0.4, 0.5) is 4.79 Å². The second-order valence-corrected chi connectivity index (χ2v) is 6.42. The van der Waals surface area contributed by atoms with Crippen LogP contribution in [0.2, 0.25) is 0 Å². The maximum atomic E-state index is 12.1. The molecule has 1 saturated heterocycles. The fourth-order valence-electron chi connectivity index (χ4n) is 3.71. The Kier molecular flexibility index (Phi) is 4.46. The van der Waals surface area contributed by atoms with E-state index in [0.29, 0.717) is 6.61 Å². The summed E-state index contributed by atoms with van der Waals surface area (Å²) >= 11 is 0. The number of carbonyl (C=O) groups excluding carboxylic acids is 1. The van der Waals surface area contributed by atoms with Crippen LogP contribution in [0.5, 0.6) is 0 Å². The number of rotatable bonds is 4. The molecule has 1 saturated carbocycles. The van der Waals surface area contributed by atoms with Crippen LogP contribution in [-0.2, 0) is 4.74 Å². The first kappa shape index (κ1) is 14.4. The van der Waals surface area contributed by atoms with E-state index in [1.807, 2.05) is 11.8 Å². The maximum absolute atomic E-state index is 12.1. The fraction of sp³-hybridized carbons (Fsp3) is 0.750. The van der Waals surface area contributed by atoms with Crippen molar-refractivity contribution < 1.29 is 9.53 Å². The first-order valence-corrected chi connectivity index (χ1v) is 8.13. The van der Waals surface area contributed by atoms with Crippen LogP contribution in [0.25, 0.3) is 0 Å². The molecule has 3 aliphatic rings. The average molecular weight is 291 g/mol. The number of hydrogen-bond acceptors (Lipinski definition) is 4. The molecule has 5 heteroatoms. The molecular weight excluding hydrogens is 266 g/mol. The Labute approximate surface area is 126 Å². The number of amides is 1. The van der Waals surface area contributed by atoms with Gasteiger partial charge in [0.15, 0.2) is 0 Å². The topological polar surface area (TPSA) is 53.9 Å². The molecule has 2 unspecified atom stereocenters. The SMILES string of the molecule is CC(=CC1CN=CN1)N1C(=O)OCC1CC1CCCCC1. The van der Waals surface area contributed by atoms with E-state index in [-0.39, 0.29) is 18.2 Å². The molecule has 0 aromatic heterocycles. The van der Waals surface area contributed by atoms with Gasteiger partial charge >= 0.3 is 6.09 Å². The second-order valence-electron chi connectivity index (χ2n) is 6.42. The fourth-order valence-corrected chi connectivity index (χ4v) is 3.71. The number of ether oxygens (including phenoxy) is 1. The molecule has 116 valence electrons. The quantitative estimate of drug-likeness (QED) is 0.866. The smallest absolute Gasteiger partial charge is 0.414 e. The third-order valence-corrected chi connectivity index (χ3v) is 4.80. The van der Waals surface area contributed by atoms with Crippen molar-refractivity contribution in [3.63, 3.8) is 0 Å². The molecule has 2 aliphatic heterocycles. The van der Waals surface area contributed by atoms with E-state index in [0.717, 1.165) is 24.6 Å². The van der Waals surface area contributed by atoms with Crippen LogP contribution >= 0.6 is 0 Å². The molecule has 1 aliphatic carbocycles. The van der Waals surface area contributed by atoms with Crippen LogP contribution < -0.4 is 5.32 Å². The number of nitrogens with zero attached hydrogens (tertiary/aromatic N) is 2. The predicted octanol–water partition coefficient (Wildman–Crippen LogP) is 2.68. The van der Waals surface area contributed by atoms with Gasteiger partial charge in [0.25, 0.3) is 0 Å². The maximum Gasteiger partial charge on any atom is 0.414 e. The van der Waals surface area contributed by atoms with Crippen LogP contribution in [0, 0.1) is 5.92 Å². The zero-order valence-electron chi connectivity index (χ0n) is 12.8. The molecule has 0 spiro atoms. The van der Waals surface area contributed by atoms with Crippen molar-refractivity contribution in [2.24, 2.45) is 10.9 Å². The molecule has 2 fully saturated rings. The largest absolute Gasteiger partial charge is 0.447 e. The Morgan fingerprint density at radius 2 is 2.29 bits per heavy atom. The van der Waals surface area contributed by atoms with Crippen molar-refractivity contribution in [2.75, 3.05) is 13.2 Å². The molecule has 0 radical (unpaired) electrons. The summed E-state index contributed by atoms with van der Waals surface area (Å²) in [5.41, 5.74) is 0.987. The van der Waals surface area contributed by atoms with Gasteiger partial charge in [-0.3, -0.25) is 9.89 Å². The first-order valence-electron chi connectivity index (χ1n) is 8.13. The van der Waals surface area contributed by atoms with E-state index in [1.54, 1.807) is 6.34 Å². The molecule has 0 bridgehead atoms. The highest BCUT2D eigenvalue weighted by Gasteiger charge is 2.36. The lowest BCUT2D eigenvalue weighted by Gasteiger charge is -2.28. The minimum absolute atomic E-state index is 0.191. The summed E-state index contributed by atoms with van der Waals surface area (Å²) < 4.78 is 5.30. The third-order valence-electron chi connectivity index (χ3n) is 4.80. The number of nitrogens with one attached hydrogen (secondary N) is 1. The van der Waals surface area contributed by atoms with Crippen molar-refractivity contribution in [3.8, 4) is 0 Å². The van der Waals surface area contributed by atoms with Gasteiger partial charge in [-0.2, -0.15) is 0 Å². The van der Waals surface area contributed by atoms with Gasteiger partial charge in [-0.05, 0) is 25.3 Å². The summed E-state index contributed by atoms with van der Waals surface area (Å²) in [4.78, 5) is 18.1. The van der Waals surface area contributed by atoms with Crippen molar-refractivity contribution >= 4 is 12.4 Å². The van der Waals surface area contributed by atoms with E-state index < -0.39 is 0 Å². The van der Waals surface area contributed by atoms with Gasteiger partial charge in [0.05, 0.1) is 25.0 Å². The number of carbonyl (C=O) groups is 1. The van der Waals surface area contributed by atoms with Crippen molar-refractivity contribution in [2.45, 2.75) is 57.5 Å². The molecule has 2 heterocycles. The number of hydrogen-bond donors (Lipinski definition) is 1. The van der Waals surface area contributed by atoms with E-state index in [2.05, 4.69) is 16.4 Å². The van der Waals surface area contributed by atoms with E-state index in [1.165, 1.54) is 32.1 Å². The third kappa shape index (κ3) is 3.39. The number of cyclic esters (lactones) is 1. The number of aliphatic imine (C=N–C) groups is 1. The first-order chi connectivity index (χ1) is 10.2. The lowest BCUT2D eigenvalue weighted by Crippen LogP contribution is -2.35. The summed E-state index contributed by atoms with van der Waals surface area (Å²) in [6.07, 6.45) is 11.4. The Morgan fingerprint density at radius 3 is 3.00 bits per heavy atom. The molecular formula is C16H25N3O2. The molecule has 0 aromatic rings. The standard InChI is InChI=1S/C16H25N3O2/c1-12(7-14-9-17-11-18-14)19-15(10-21-16(19)20)8-13-5-3-2-4-6-13/h7,11,13-15H,2-6,8-10H2,1H3,(H,17,18). The van der Waals surface area contributed by atoms with Crippen molar-refractivity contribution in [1.82, 2.24) is 10.2 Å². The molecule has 0 aromatic carbocycles. The highest BCUT2D eigenvalue weighted by Crippen LogP contribution is 2.31. The summed E-state index contributed by atoms with van der Waals surface area (Å²) in [5.74, 6) is 0.751. The zero-order valence-corrected chi connectivity index (χ0v) is 12.8. The van der Waals surface area contributed by atoms with Gasteiger partial charge in [0.2, 0.25) is 0 Å². The molecule has 1 N–H and O–H groups in total. The Bertz CT molecular complexity index is 433.